The molecule has 0 unspecified atom stereocenters. The van der Waals surface area contributed by atoms with E-state index in [1.807, 2.05) is 31.2 Å². The van der Waals surface area contributed by atoms with Gasteiger partial charge in [-0.15, -0.1) is 0 Å². The minimum absolute atomic E-state index is 0.0437. The molecule has 1 aliphatic heterocycles. The van der Waals surface area contributed by atoms with E-state index in [9.17, 15) is 9.90 Å². The molecule has 26 heavy (non-hydrogen) atoms. The monoisotopic (exact) mass is 368 g/mol. The van der Waals surface area contributed by atoms with Gasteiger partial charge in [-0.25, -0.2) is 5.43 Å². The van der Waals surface area contributed by atoms with E-state index >= 15 is 0 Å². The van der Waals surface area contributed by atoms with Gasteiger partial charge in [0.15, 0.2) is 5.17 Å². The number of nitrogens with one attached hydrogen (secondary N) is 2. The molecule has 1 amide bonds. The number of hydrazone groups is 1. The van der Waals surface area contributed by atoms with Crippen molar-refractivity contribution < 1.29 is 9.90 Å². The zero-order chi connectivity index (χ0) is 18.4. The van der Waals surface area contributed by atoms with Crippen LogP contribution in [0.2, 0.25) is 0 Å². The Balaban J connectivity index is 1.61. The molecular weight excluding hydrogens is 348 g/mol. The summed E-state index contributed by atoms with van der Waals surface area (Å²) in [6.45, 7) is 2.70. The van der Waals surface area contributed by atoms with E-state index in [2.05, 4.69) is 20.8 Å². The van der Waals surface area contributed by atoms with Gasteiger partial charge in [0.05, 0.1) is 5.71 Å². The van der Waals surface area contributed by atoms with Crippen LogP contribution in [-0.2, 0) is 0 Å². The van der Waals surface area contributed by atoms with Gasteiger partial charge in [0, 0.05) is 23.5 Å². The van der Waals surface area contributed by atoms with Crippen molar-refractivity contribution in [2.45, 2.75) is 13.3 Å². The second-order valence-electron chi connectivity index (χ2n) is 5.78. The maximum Gasteiger partial charge on any atom is 0.271 e. The minimum atomic E-state index is -0.370. The third-order valence-corrected chi connectivity index (χ3v) is 4.78. The smallest absolute Gasteiger partial charge is 0.271 e. The molecule has 3 rings (SSSR count). The summed E-state index contributed by atoms with van der Waals surface area (Å²) in [6.07, 6.45) is 1.12. The first-order chi connectivity index (χ1) is 12.6. The van der Waals surface area contributed by atoms with Crippen LogP contribution in [0.25, 0.3) is 0 Å². The summed E-state index contributed by atoms with van der Waals surface area (Å²) in [5.74, 6) is 0.766. The lowest BCUT2D eigenvalue weighted by Crippen LogP contribution is -2.19. The van der Waals surface area contributed by atoms with Crippen LogP contribution >= 0.6 is 11.8 Å². The Morgan fingerprint density at radius 3 is 2.69 bits per heavy atom. The molecular formula is C19H20N4O2S. The van der Waals surface area contributed by atoms with Gasteiger partial charge < -0.3 is 10.4 Å². The lowest BCUT2D eigenvalue weighted by Gasteiger charge is -2.13. The van der Waals surface area contributed by atoms with Gasteiger partial charge in [-0.3, -0.25) is 9.79 Å². The average Bonchev–Trinajstić information content (AvgIpc) is 2.67. The number of amides is 1. The Morgan fingerprint density at radius 2 is 2.00 bits per heavy atom. The number of aromatic hydroxyl groups is 1. The van der Waals surface area contributed by atoms with Crippen LogP contribution in [-0.4, -0.2) is 34.2 Å². The molecule has 2 aromatic carbocycles. The molecule has 0 atom stereocenters. The molecule has 7 heteroatoms. The van der Waals surface area contributed by atoms with E-state index in [0.29, 0.717) is 11.3 Å². The van der Waals surface area contributed by atoms with E-state index in [1.165, 1.54) is 12.1 Å². The zero-order valence-electron chi connectivity index (χ0n) is 14.4. The number of hydrogen-bond donors (Lipinski definition) is 3. The highest BCUT2D eigenvalue weighted by Gasteiger charge is 2.07. The Labute approximate surface area is 156 Å². The molecule has 3 N–H and O–H groups in total. The Kier molecular flexibility index (Phi) is 5.91. The van der Waals surface area contributed by atoms with Crippen molar-refractivity contribution in [3.05, 3.63) is 59.7 Å². The summed E-state index contributed by atoms with van der Waals surface area (Å²) in [5, 5.41) is 17.8. The number of phenolic OH excluding ortho intramolecular Hbond substituents is 1. The molecule has 0 aromatic heterocycles. The maximum atomic E-state index is 12.1. The highest BCUT2D eigenvalue weighted by atomic mass is 32.2. The van der Waals surface area contributed by atoms with Gasteiger partial charge in [0.25, 0.3) is 5.91 Å². The molecule has 0 spiro atoms. The molecule has 6 nitrogen and oxygen atoms in total. The van der Waals surface area contributed by atoms with E-state index in [-0.39, 0.29) is 11.7 Å². The SMILES string of the molecule is C/C(=N/NC(=O)c1cccc(O)c1)c1ccc(NC2=NCCCS2)cc1. The molecule has 134 valence electrons. The van der Waals surface area contributed by atoms with E-state index in [1.54, 1.807) is 23.9 Å². The standard InChI is InChI=1S/C19H20N4O2S/c1-13(22-23-18(25)15-4-2-5-17(24)12-15)14-6-8-16(9-7-14)21-19-20-10-3-11-26-19/h2,4-9,12,24H,3,10-11H2,1H3,(H,20,21)(H,23,25)/b22-13-. The molecule has 0 bridgehead atoms. The number of hydrogen-bond acceptors (Lipinski definition) is 6. The van der Waals surface area contributed by atoms with Crippen molar-refractivity contribution in [3.63, 3.8) is 0 Å². The third kappa shape index (κ3) is 4.86. The van der Waals surface area contributed by atoms with Crippen molar-refractivity contribution in [3.8, 4) is 5.75 Å². The van der Waals surface area contributed by atoms with Crippen molar-refractivity contribution in [1.29, 1.82) is 0 Å². The Morgan fingerprint density at radius 1 is 1.19 bits per heavy atom. The highest BCUT2D eigenvalue weighted by Crippen LogP contribution is 2.17. The number of benzene rings is 2. The van der Waals surface area contributed by atoms with Crippen LogP contribution in [0, 0.1) is 0 Å². The summed E-state index contributed by atoms with van der Waals surface area (Å²) < 4.78 is 0. The normalized spacial score (nSPS) is 14.5. The summed E-state index contributed by atoms with van der Waals surface area (Å²) in [5.41, 5.74) is 5.43. The van der Waals surface area contributed by atoms with Crippen LogP contribution < -0.4 is 10.7 Å². The number of rotatable bonds is 4. The van der Waals surface area contributed by atoms with Crippen LogP contribution in [0.15, 0.2) is 58.6 Å². The number of phenols is 1. The van der Waals surface area contributed by atoms with E-state index in [0.717, 1.165) is 35.1 Å². The molecule has 1 aliphatic rings. The van der Waals surface area contributed by atoms with Gasteiger partial charge in [-0.2, -0.15) is 5.10 Å². The first-order valence-electron chi connectivity index (χ1n) is 8.30. The number of amidine groups is 1. The van der Waals surface area contributed by atoms with E-state index < -0.39 is 0 Å². The van der Waals surface area contributed by atoms with Gasteiger partial charge in [0.2, 0.25) is 0 Å². The largest absolute Gasteiger partial charge is 0.508 e. The zero-order valence-corrected chi connectivity index (χ0v) is 15.2. The Bertz CT molecular complexity index is 847. The molecule has 0 saturated heterocycles. The lowest BCUT2D eigenvalue weighted by molar-refractivity contribution is 0.0954. The van der Waals surface area contributed by atoms with Crippen molar-refractivity contribution in [1.82, 2.24) is 5.43 Å². The van der Waals surface area contributed by atoms with Crippen molar-refractivity contribution in [2.24, 2.45) is 10.1 Å². The van der Waals surface area contributed by atoms with Crippen molar-refractivity contribution in [2.75, 3.05) is 17.6 Å². The third-order valence-electron chi connectivity index (χ3n) is 3.78. The average molecular weight is 368 g/mol. The lowest BCUT2D eigenvalue weighted by atomic mass is 10.1. The number of anilines is 1. The van der Waals surface area contributed by atoms with Crippen LogP contribution in [0.4, 0.5) is 5.69 Å². The summed E-state index contributed by atoms with van der Waals surface area (Å²) >= 11 is 1.73. The number of aliphatic imine (C=N–C) groups is 1. The Hall–Kier alpha value is -2.80. The molecule has 0 fully saturated rings. The summed E-state index contributed by atoms with van der Waals surface area (Å²) in [6, 6.07) is 13.9. The number of nitrogens with zero attached hydrogens (tertiary/aromatic N) is 2. The fourth-order valence-electron chi connectivity index (χ4n) is 2.36. The van der Waals surface area contributed by atoms with Crippen LogP contribution in [0.3, 0.4) is 0 Å². The fourth-order valence-corrected chi connectivity index (χ4v) is 3.20. The predicted octanol–water partition coefficient (Wildman–Crippen LogP) is 3.45. The number of carbonyl (C=O) groups excluding carboxylic acids is 1. The second kappa shape index (κ2) is 8.53. The molecule has 2 aromatic rings. The predicted molar refractivity (Wildman–Crippen MR) is 107 cm³/mol. The minimum Gasteiger partial charge on any atom is -0.508 e. The second-order valence-corrected chi connectivity index (χ2v) is 6.86. The van der Waals surface area contributed by atoms with Gasteiger partial charge >= 0.3 is 0 Å². The topological polar surface area (TPSA) is 86.1 Å². The van der Waals surface area contributed by atoms with Gasteiger partial charge in [-0.05, 0) is 49.2 Å². The molecule has 0 saturated carbocycles. The quantitative estimate of drug-likeness (QED) is 0.570. The molecule has 0 aliphatic carbocycles. The van der Waals surface area contributed by atoms with Gasteiger partial charge in [0.1, 0.15) is 5.75 Å². The first kappa shape index (κ1) is 18.0. The molecule has 0 radical (unpaired) electrons. The maximum absolute atomic E-state index is 12.1. The molecule has 1 heterocycles. The summed E-state index contributed by atoms with van der Waals surface area (Å²) in [7, 11) is 0. The highest BCUT2D eigenvalue weighted by molar-refractivity contribution is 8.14. The fraction of sp³-hybridized carbons (Fsp3) is 0.211. The van der Waals surface area contributed by atoms with Crippen molar-refractivity contribution >= 4 is 34.2 Å². The van der Waals surface area contributed by atoms with Gasteiger partial charge in [-0.1, -0.05) is 30.0 Å². The van der Waals surface area contributed by atoms with Crippen LogP contribution in [0.1, 0.15) is 29.3 Å². The number of carbonyl (C=O) groups is 1. The first-order valence-corrected chi connectivity index (χ1v) is 9.29. The van der Waals surface area contributed by atoms with Crippen LogP contribution in [0.5, 0.6) is 5.75 Å². The van der Waals surface area contributed by atoms with E-state index in [4.69, 9.17) is 0 Å². The number of thioether (sulfide) groups is 1. The summed E-state index contributed by atoms with van der Waals surface area (Å²) in [4.78, 5) is 16.5.